The Hall–Kier alpha value is -3.43. The van der Waals surface area contributed by atoms with Crippen molar-refractivity contribution >= 4 is 28.4 Å². The molecule has 1 saturated heterocycles. The number of pyridine rings is 1. The number of rotatable bonds is 3. The van der Waals surface area contributed by atoms with Crippen LogP contribution in [0.25, 0.3) is 21.9 Å². The molecule has 0 bridgehead atoms. The molecular formula is C21H20F3N5O2. The highest BCUT2D eigenvalue weighted by Crippen LogP contribution is 2.27. The molecule has 3 aromatic rings. The molecule has 1 aliphatic rings. The Balaban J connectivity index is 1.43. The SMILES string of the molecule is Cn1cc(-c2ccc3cnc(NC(=O)C4CCN(C(=O)C(F)(F)F)CC4)cc3c2)cn1. The highest BCUT2D eigenvalue weighted by molar-refractivity contribution is 5.95. The van der Waals surface area contributed by atoms with Crippen LogP contribution in [0.4, 0.5) is 19.0 Å². The normalized spacial score (nSPS) is 15.3. The molecule has 0 spiro atoms. The molecule has 2 amide bonds. The number of carbonyl (C=O) groups excluding carboxylic acids is 2. The van der Waals surface area contributed by atoms with E-state index in [4.69, 9.17) is 0 Å². The van der Waals surface area contributed by atoms with Crippen molar-refractivity contribution in [3.8, 4) is 11.1 Å². The molecule has 162 valence electrons. The summed E-state index contributed by atoms with van der Waals surface area (Å²) in [7, 11) is 1.84. The Labute approximate surface area is 175 Å². The Morgan fingerprint density at radius 1 is 1.06 bits per heavy atom. The smallest absolute Gasteiger partial charge is 0.335 e. The Kier molecular flexibility index (Phi) is 5.38. The van der Waals surface area contributed by atoms with Gasteiger partial charge in [0.05, 0.1) is 6.20 Å². The summed E-state index contributed by atoms with van der Waals surface area (Å²) in [5.41, 5.74) is 1.94. The molecule has 31 heavy (non-hydrogen) atoms. The lowest BCUT2D eigenvalue weighted by molar-refractivity contribution is -0.186. The predicted octanol–water partition coefficient (Wildman–Crippen LogP) is 3.37. The van der Waals surface area contributed by atoms with E-state index in [2.05, 4.69) is 15.4 Å². The molecule has 2 aromatic heterocycles. The van der Waals surface area contributed by atoms with Gasteiger partial charge in [-0.2, -0.15) is 18.3 Å². The average molecular weight is 431 g/mol. The Morgan fingerprint density at radius 2 is 1.81 bits per heavy atom. The first-order valence-corrected chi connectivity index (χ1v) is 9.76. The van der Waals surface area contributed by atoms with Crippen LogP contribution in [-0.2, 0) is 16.6 Å². The van der Waals surface area contributed by atoms with Crippen LogP contribution in [0.5, 0.6) is 0 Å². The second kappa shape index (κ2) is 8.01. The summed E-state index contributed by atoms with van der Waals surface area (Å²) in [5, 5.41) is 8.71. The summed E-state index contributed by atoms with van der Waals surface area (Å²) in [6, 6.07) is 7.64. The summed E-state index contributed by atoms with van der Waals surface area (Å²) in [6.45, 7) is -0.202. The van der Waals surface area contributed by atoms with Crippen LogP contribution in [0.15, 0.2) is 42.9 Å². The quantitative estimate of drug-likeness (QED) is 0.690. The van der Waals surface area contributed by atoms with E-state index in [0.29, 0.717) is 5.82 Å². The summed E-state index contributed by atoms with van der Waals surface area (Å²) in [5.74, 6) is -2.27. The summed E-state index contributed by atoms with van der Waals surface area (Å²) in [6.07, 6.45) is 0.780. The van der Waals surface area contributed by atoms with Gasteiger partial charge in [-0.1, -0.05) is 12.1 Å². The van der Waals surface area contributed by atoms with E-state index in [1.807, 2.05) is 31.4 Å². The number of likely N-dealkylation sites (tertiary alicyclic amines) is 1. The molecule has 10 heteroatoms. The predicted molar refractivity (Wildman–Crippen MR) is 108 cm³/mol. The molecule has 0 aliphatic carbocycles. The number of hydrogen-bond acceptors (Lipinski definition) is 4. The van der Waals surface area contributed by atoms with Crippen molar-refractivity contribution in [2.24, 2.45) is 13.0 Å². The number of fused-ring (bicyclic) bond motifs is 1. The summed E-state index contributed by atoms with van der Waals surface area (Å²) < 4.78 is 39.4. The maximum Gasteiger partial charge on any atom is 0.471 e. The molecule has 0 saturated carbocycles. The fraction of sp³-hybridized carbons (Fsp3) is 0.333. The lowest BCUT2D eigenvalue weighted by atomic mass is 9.96. The van der Waals surface area contributed by atoms with Crippen LogP contribution >= 0.6 is 0 Å². The van der Waals surface area contributed by atoms with Gasteiger partial charge in [0.1, 0.15) is 5.82 Å². The molecule has 0 unspecified atom stereocenters. The number of benzene rings is 1. The van der Waals surface area contributed by atoms with Gasteiger partial charge in [-0.25, -0.2) is 4.98 Å². The number of piperidine rings is 1. The number of nitrogens with one attached hydrogen (secondary N) is 1. The molecule has 1 N–H and O–H groups in total. The highest BCUT2D eigenvalue weighted by Gasteiger charge is 2.43. The molecule has 3 heterocycles. The van der Waals surface area contributed by atoms with E-state index in [9.17, 15) is 22.8 Å². The highest BCUT2D eigenvalue weighted by atomic mass is 19.4. The van der Waals surface area contributed by atoms with Gasteiger partial charge in [-0.05, 0) is 35.9 Å². The van der Waals surface area contributed by atoms with Crippen LogP contribution < -0.4 is 5.32 Å². The number of anilines is 1. The molecule has 0 radical (unpaired) electrons. The minimum atomic E-state index is -4.89. The fourth-order valence-electron chi connectivity index (χ4n) is 3.71. The van der Waals surface area contributed by atoms with E-state index in [1.165, 1.54) is 0 Å². The van der Waals surface area contributed by atoms with Gasteiger partial charge in [0.25, 0.3) is 0 Å². The number of nitrogens with zero attached hydrogens (tertiary/aromatic N) is 4. The monoisotopic (exact) mass is 431 g/mol. The Bertz CT molecular complexity index is 1130. The third kappa shape index (κ3) is 4.52. The van der Waals surface area contributed by atoms with E-state index in [-0.39, 0.29) is 31.8 Å². The topological polar surface area (TPSA) is 80.1 Å². The van der Waals surface area contributed by atoms with E-state index in [1.54, 1.807) is 23.1 Å². The number of hydrogen-bond donors (Lipinski definition) is 1. The van der Waals surface area contributed by atoms with E-state index in [0.717, 1.165) is 26.8 Å². The van der Waals surface area contributed by atoms with Gasteiger partial charge in [0, 0.05) is 49.4 Å². The summed E-state index contributed by atoms with van der Waals surface area (Å²) in [4.78, 5) is 28.9. The number of aromatic nitrogens is 3. The standard InChI is InChI=1S/C21H20F3N5O2/c1-28-12-17(11-26-28)14-2-3-15-10-25-18(9-16(15)8-14)27-19(30)13-4-6-29(7-5-13)20(31)21(22,23)24/h2-3,8-13H,4-7H2,1H3,(H,25,27,30). The average Bonchev–Trinajstić information content (AvgIpc) is 3.18. The third-order valence-corrected chi connectivity index (χ3v) is 5.41. The molecule has 4 rings (SSSR count). The van der Waals surface area contributed by atoms with Crippen molar-refractivity contribution in [1.29, 1.82) is 0 Å². The molecule has 1 fully saturated rings. The zero-order valence-electron chi connectivity index (χ0n) is 16.7. The molecule has 7 nitrogen and oxygen atoms in total. The lowest BCUT2D eigenvalue weighted by Gasteiger charge is -2.31. The van der Waals surface area contributed by atoms with Crippen LogP contribution in [0, 0.1) is 5.92 Å². The molecular weight excluding hydrogens is 411 g/mol. The number of halogens is 3. The third-order valence-electron chi connectivity index (χ3n) is 5.41. The zero-order chi connectivity index (χ0) is 22.2. The van der Waals surface area contributed by atoms with Crippen molar-refractivity contribution in [3.63, 3.8) is 0 Å². The van der Waals surface area contributed by atoms with Gasteiger partial charge >= 0.3 is 12.1 Å². The number of amides is 2. The van der Waals surface area contributed by atoms with Crippen molar-refractivity contribution in [2.75, 3.05) is 18.4 Å². The van der Waals surface area contributed by atoms with Crippen LogP contribution in [-0.4, -0.2) is 50.7 Å². The molecule has 0 atom stereocenters. The Morgan fingerprint density at radius 3 is 2.45 bits per heavy atom. The minimum Gasteiger partial charge on any atom is -0.335 e. The maximum atomic E-state index is 12.6. The van der Waals surface area contributed by atoms with Crippen LogP contribution in [0.2, 0.25) is 0 Å². The van der Waals surface area contributed by atoms with Crippen LogP contribution in [0.1, 0.15) is 12.8 Å². The lowest BCUT2D eigenvalue weighted by Crippen LogP contribution is -2.46. The minimum absolute atomic E-state index is 0.101. The van der Waals surface area contributed by atoms with Crippen molar-refractivity contribution in [3.05, 3.63) is 42.9 Å². The first kappa shape index (κ1) is 20.8. The van der Waals surface area contributed by atoms with Gasteiger partial charge in [0.2, 0.25) is 5.91 Å². The van der Waals surface area contributed by atoms with Gasteiger partial charge < -0.3 is 10.2 Å². The first-order chi connectivity index (χ1) is 14.7. The van der Waals surface area contributed by atoms with Gasteiger partial charge in [-0.3, -0.25) is 14.3 Å². The number of aryl methyl sites for hydroxylation is 1. The zero-order valence-corrected chi connectivity index (χ0v) is 16.7. The van der Waals surface area contributed by atoms with E-state index < -0.39 is 18.0 Å². The van der Waals surface area contributed by atoms with Crippen molar-refractivity contribution in [1.82, 2.24) is 19.7 Å². The van der Waals surface area contributed by atoms with E-state index >= 15 is 0 Å². The van der Waals surface area contributed by atoms with Crippen molar-refractivity contribution < 1.29 is 22.8 Å². The van der Waals surface area contributed by atoms with Crippen molar-refractivity contribution in [2.45, 2.75) is 19.0 Å². The number of carbonyl (C=O) groups is 2. The molecule has 1 aliphatic heterocycles. The second-order valence-corrected chi connectivity index (χ2v) is 7.59. The largest absolute Gasteiger partial charge is 0.471 e. The number of alkyl halides is 3. The maximum absolute atomic E-state index is 12.6. The second-order valence-electron chi connectivity index (χ2n) is 7.59. The van der Waals surface area contributed by atoms with Gasteiger partial charge in [0.15, 0.2) is 0 Å². The fourth-order valence-corrected chi connectivity index (χ4v) is 3.71. The van der Waals surface area contributed by atoms with Gasteiger partial charge in [-0.15, -0.1) is 0 Å². The van der Waals surface area contributed by atoms with Crippen LogP contribution in [0.3, 0.4) is 0 Å². The molecule has 1 aromatic carbocycles. The first-order valence-electron chi connectivity index (χ1n) is 9.76. The summed E-state index contributed by atoms with van der Waals surface area (Å²) >= 11 is 0.